The van der Waals surface area contributed by atoms with E-state index < -0.39 is 12.0 Å². The van der Waals surface area contributed by atoms with Crippen molar-refractivity contribution in [2.24, 2.45) is 0 Å². The molecular weight excluding hydrogens is 430 g/mol. The van der Waals surface area contributed by atoms with E-state index in [1.165, 1.54) is 10.5 Å². The van der Waals surface area contributed by atoms with E-state index in [-0.39, 0.29) is 18.5 Å². The van der Waals surface area contributed by atoms with Gasteiger partial charge in [-0.1, -0.05) is 37.6 Å². The number of esters is 1. The molecule has 1 unspecified atom stereocenters. The number of urea groups is 1. The van der Waals surface area contributed by atoms with Gasteiger partial charge in [0.1, 0.15) is 0 Å². The molecule has 0 radical (unpaired) electrons. The van der Waals surface area contributed by atoms with E-state index in [0.29, 0.717) is 29.1 Å². The number of hydrogen-bond donors (Lipinski definition) is 2. The highest BCUT2D eigenvalue weighted by Crippen LogP contribution is 2.31. The van der Waals surface area contributed by atoms with E-state index in [1.807, 2.05) is 31.2 Å². The van der Waals surface area contributed by atoms with Crippen LogP contribution < -0.4 is 10.6 Å². The van der Waals surface area contributed by atoms with E-state index in [1.54, 1.807) is 38.1 Å². The summed E-state index contributed by atoms with van der Waals surface area (Å²) in [6.45, 7) is 8.19. The molecule has 180 valence electrons. The quantitative estimate of drug-likeness (QED) is 0.500. The normalized spacial score (nSPS) is 15.7. The number of carbonyl (C=O) groups excluding carboxylic acids is 3. The Labute approximate surface area is 201 Å². The van der Waals surface area contributed by atoms with Crippen LogP contribution in [0.1, 0.15) is 68.1 Å². The second-order valence-electron chi connectivity index (χ2n) is 8.22. The molecule has 7 nitrogen and oxygen atoms in total. The minimum absolute atomic E-state index is 0.192. The summed E-state index contributed by atoms with van der Waals surface area (Å²) in [5.41, 5.74) is 4.15. The molecule has 7 heteroatoms. The van der Waals surface area contributed by atoms with Crippen molar-refractivity contribution in [3.8, 4) is 0 Å². The molecule has 2 aromatic carbocycles. The van der Waals surface area contributed by atoms with E-state index in [9.17, 15) is 14.4 Å². The number of hydrogen-bond acceptors (Lipinski definition) is 4. The highest BCUT2D eigenvalue weighted by Gasteiger charge is 2.35. The first-order valence-electron chi connectivity index (χ1n) is 11.9. The highest BCUT2D eigenvalue weighted by atomic mass is 16.5. The Morgan fingerprint density at radius 2 is 1.71 bits per heavy atom. The first kappa shape index (κ1) is 25.0. The van der Waals surface area contributed by atoms with Crippen molar-refractivity contribution in [2.75, 3.05) is 18.5 Å². The molecule has 3 rings (SSSR count). The Balaban J connectivity index is 1.77. The third-order valence-electron chi connectivity index (χ3n) is 5.94. The molecule has 0 bridgehead atoms. The summed E-state index contributed by atoms with van der Waals surface area (Å²) >= 11 is 0. The molecule has 1 atom stereocenters. The summed E-state index contributed by atoms with van der Waals surface area (Å²) in [5, 5.41) is 5.80. The zero-order valence-electron chi connectivity index (χ0n) is 20.3. The number of amides is 3. The fourth-order valence-electron chi connectivity index (χ4n) is 4.05. The van der Waals surface area contributed by atoms with Crippen LogP contribution in [0.25, 0.3) is 0 Å². The Bertz CT molecular complexity index is 1060. The highest BCUT2D eigenvalue weighted by molar-refractivity contribution is 6.04. The fraction of sp³-hybridized carbons (Fsp3) is 0.370. The van der Waals surface area contributed by atoms with Gasteiger partial charge in [-0.15, -0.1) is 0 Å². The van der Waals surface area contributed by atoms with Gasteiger partial charge in [-0.3, -0.25) is 9.69 Å². The second-order valence-corrected chi connectivity index (χ2v) is 8.22. The average molecular weight is 464 g/mol. The predicted molar refractivity (Wildman–Crippen MR) is 132 cm³/mol. The van der Waals surface area contributed by atoms with E-state index in [2.05, 4.69) is 17.6 Å². The van der Waals surface area contributed by atoms with Crippen LogP contribution in [0.5, 0.6) is 0 Å². The molecule has 0 saturated carbocycles. The Morgan fingerprint density at radius 3 is 2.29 bits per heavy atom. The number of aryl methyl sites for hydroxylation is 1. The van der Waals surface area contributed by atoms with Gasteiger partial charge in [-0.25, -0.2) is 9.59 Å². The number of unbranched alkanes of at least 4 members (excludes halogenated alkanes) is 1. The lowest BCUT2D eigenvalue weighted by atomic mass is 9.94. The third-order valence-corrected chi connectivity index (χ3v) is 5.94. The first-order valence-corrected chi connectivity index (χ1v) is 11.9. The standard InChI is InChI=1S/C27H33N3O4/c1-5-8-9-19-10-12-21(13-11-19)25(31)28-22-16-14-20(15-17-22)24-23(26(32)34-7-3)18(4)30(6-2)27(33)29-24/h10-17,24H,5-9H2,1-4H3,(H,28,31)(H,29,33). The summed E-state index contributed by atoms with van der Waals surface area (Å²) in [6, 6.07) is 13.9. The Kier molecular flexibility index (Phi) is 8.46. The maximum absolute atomic E-state index is 12.7. The van der Waals surface area contributed by atoms with Crippen molar-refractivity contribution in [3.63, 3.8) is 0 Å². The molecule has 0 fully saturated rings. The van der Waals surface area contributed by atoms with Crippen LogP contribution in [0.2, 0.25) is 0 Å². The number of nitrogens with one attached hydrogen (secondary N) is 2. The minimum atomic E-state index is -0.630. The summed E-state index contributed by atoms with van der Waals surface area (Å²) in [6.07, 6.45) is 3.27. The molecule has 0 saturated heterocycles. The number of benzene rings is 2. The maximum atomic E-state index is 12.7. The Morgan fingerprint density at radius 1 is 1.03 bits per heavy atom. The van der Waals surface area contributed by atoms with Gasteiger partial charge in [0.05, 0.1) is 18.2 Å². The van der Waals surface area contributed by atoms with Crippen molar-refractivity contribution in [2.45, 2.75) is 53.0 Å². The SMILES string of the molecule is CCCCc1ccc(C(=O)Nc2ccc(C3NC(=O)N(CC)C(C)=C3C(=O)OCC)cc2)cc1. The van der Waals surface area contributed by atoms with Gasteiger partial charge < -0.3 is 15.4 Å². The van der Waals surface area contributed by atoms with Crippen molar-refractivity contribution in [1.82, 2.24) is 10.2 Å². The number of allylic oxidation sites excluding steroid dienone is 1. The second kappa shape index (κ2) is 11.5. The molecule has 34 heavy (non-hydrogen) atoms. The largest absolute Gasteiger partial charge is 0.463 e. The zero-order valence-corrected chi connectivity index (χ0v) is 20.3. The lowest BCUT2D eigenvalue weighted by molar-refractivity contribution is -0.139. The van der Waals surface area contributed by atoms with Gasteiger partial charge in [0.25, 0.3) is 5.91 Å². The van der Waals surface area contributed by atoms with E-state index >= 15 is 0 Å². The molecule has 0 aliphatic carbocycles. The molecule has 1 aliphatic heterocycles. The van der Waals surface area contributed by atoms with Crippen molar-refractivity contribution >= 4 is 23.6 Å². The van der Waals surface area contributed by atoms with Crippen LogP contribution in [0.3, 0.4) is 0 Å². The molecule has 0 spiro atoms. The van der Waals surface area contributed by atoms with Gasteiger partial charge in [0.2, 0.25) is 0 Å². The van der Waals surface area contributed by atoms with Crippen LogP contribution in [-0.4, -0.2) is 36.0 Å². The predicted octanol–water partition coefficient (Wildman–Crippen LogP) is 5.20. The molecule has 2 N–H and O–H groups in total. The van der Waals surface area contributed by atoms with Crippen LogP contribution in [-0.2, 0) is 16.0 Å². The molecule has 0 aromatic heterocycles. The van der Waals surface area contributed by atoms with E-state index in [4.69, 9.17) is 4.74 Å². The smallest absolute Gasteiger partial charge is 0.338 e. The zero-order chi connectivity index (χ0) is 24.7. The minimum Gasteiger partial charge on any atom is -0.463 e. The van der Waals surface area contributed by atoms with Crippen LogP contribution >= 0.6 is 0 Å². The maximum Gasteiger partial charge on any atom is 0.338 e. The lowest BCUT2D eigenvalue weighted by Gasteiger charge is -2.34. The molecule has 3 amide bonds. The summed E-state index contributed by atoms with van der Waals surface area (Å²) in [5.74, 6) is -0.648. The van der Waals surface area contributed by atoms with Crippen LogP contribution in [0.15, 0.2) is 59.8 Å². The Hall–Kier alpha value is -3.61. The summed E-state index contributed by atoms with van der Waals surface area (Å²) in [7, 11) is 0. The fourth-order valence-corrected chi connectivity index (χ4v) is 4.05. The average Bonchev–Trinajstić information content (AvgIpc) is 2.83. The lowest BCUT2D eigenvalue weighted by Crippen LogP contribution is -2.47. The molecule has 1 aliphatic rings. The molecular formula is C27H33N3O4. The van der Waals surface area contributed by atoms with Gasteiger partial charge in [-0.2, -0.15) is 0 Å². The number of ether oxygens (including phenoxy) is 1. The van der Waals surface area contributed by atoms with E-state index in [0.717, 1.165) is 24.8 Å². The van der Waals surface area contributed by atoms with Crippen LogP contribution in [0.4, 0.5) is 10.5 Å². The third kappa shape index (κ3) is 5.65. The topological polar surface area (TPSA) is 87.7 Å². The first-order chi connectivity index (χ1) is 16.4. The number of nitrogens with zero attached hydrogens (tertiary/aromatic N) is 1. The molecule has 1 heterocycles. The van der Waals surface area contributed by atoms with Crippen molar-refractivity contribution in [3.05, 3.63) is 76.5 Å². The van der Waals surface area contributed by atoms with Gasteiger partial charge in [-0.05, 0) is 69.0 Å². The summed E-state index contributed by atoms with van der Waals surface area (Å²) < 4.78 is 5.26. The number of anilines is 1. The monoisotopic (exact) mass is 463 g/mol. The number of rotatable bonds is 9. The van der Waals surface area contributed by atoms with Gasteiger partial charge in [0, 0.05) is 23.5 Å². The van der Waals surface area contributed by atoms with Gasteiger partial charge in [0.15, 0.2) is 0 Å². The van der Waals surface area contributed by atoms with Crippen molar-refractivity contribution in [1.29, 1.82) is 0 Å². The van der Waals surface area contributed by atoms with Gasteiger partial charge >= 0.3 is 12.0 Å². The molecule has 2 aromatic rings. The van der Waals surface area contributed by atoms with Crippen molar-refractivity contribution < 1.29 is 19.1 Å². The summed E-state index contributed by atoms with van der Waals surface area (Å²) in [4.78, 5) is 39.4. The number of carbonyl (C=O) groups is 3. The van der Waals surface area contributed by atoms with Crippen LogP contribution in [0, 0.1) is 0 Å².